The van der Waals surface area contributed by atoms with Crippen LogP contribution in [0.25, 0.3) is 10.9 Å². The predicted octanol–water partition coefficient (Wildman–Crippen LogP) is 4.78. The van der Waals surface area contributed by atoms with Gasteiger partial charge in [-0.2, -0.15) is 0 Å². The van der Waals surface area contributed by atoms with E-state index in [0.717, 1.165) is 16.6 Å². The normalized spacial score (nSPS) is 11.4. The molecule has 0 saturated carbocycles. The average Bonchev–Trinajstić information content (AvgIpc) is 2.54. The molecule has 0 aliphatic heterocycles. The number of pyridine rings is 1. The van der Waals surface area contributed by atoms with E-state index in [1.165, 1.54) is 5.56 Å². The molecular formula is C20H20N2O. The molecule has 23 heavy (non-hydrogen) atoms. The summed E-state index contributed by atoms with van der Waals surface area (Å²) in [7, 11) is 0. The number of rotatable bonds is 2. The van der Waals surface area contributed by atoms with Gasteiger partial charge in [-0.15, -0.1) is 0 Å². The third-order valence-corrected chi connectivity index (χ3v) is 3.89. The summed E-state index contributed by atoms with van der Waals surface area (Å²) < 4.78 is 0. The van der Waals surface area contributed by atoms with E-state index in [4.69, 9.17) is 0 Å². The van der Waals surface area contributed by atoms with Gasteiger partial charge in [-0.05, 0) is 35.2 Å². The van der Waals surface area contributed by atoms with Crippen molar-refractivity contribution in [3.05, 3.63) is 71.9 Å². The molecule has 3 rings (SSSR count). The number of hydrogen-bond donors (Lipinski definition) is 1. The third kappa shape index (κ3) is 3.24. The summed E-state index contributed by atoms with van der Waals surface area (Å²) in [5.74, 6) is -0.122. The topological polar surface area (TPSA) is 42.0 Å². The highest BCUT2D eigenvalue weighted by Crippen LogP contribution is 2.24. The van der Waals surface area contributed by atoms with Crippen molar-refractivity contribution in [2.24, 2.45) is 0 Å². The Hall–Kier alpha value is -2.68. The van der Waals surface area contributed by atoms with E-state index in [-0.39, 0.29) is 11.3 Å². The van der Waals surface area contributed by atoms with Gasteiger partial charge < -0.3 is 5.32 Å². The minimum Gasteiger partial charge on any atom is -0.320 e. The second kappa shape index (κ2) is 5.84. The van der Waals surface area contributed by atoms with Gasteiger partial charge in [0.2, 0.25) is 0 Å². The molecule has 3 nitrogen and oxygen atoms in total. The Balaban J connectivity index is 1.86. The molecule has 2 aromatic carbocycles. The molecule has 0 bridgehead atoms. The second-order valence-electron chi connectivity index (χ2n) is 6.66. The minimum absolute atomic E-state index is 0.0779. The molecular weight excluding hydrogens is 284 g/mol. The lowest BCUT2D eigenvalue weighted by Crippen LogP contribution is -2.14. The van der Waals surface area contributed by atoms with Crippen molar-refractivity contribution >= 4 is 22.5 Å². The van der Waals surface area contributed by atoms with Crippen LogP contribution in [0, 0.1) is 0 Å². The average molecular weight is 304 g/mol. The summed E-state index contributed by atoms with van der Waals surface area (Å²) >= 11 is 0. The Morgan fingerprint density at radius 1 is 0.957 bits per heavy atom. The number of nitrogens with zero attached hydrogens (tertiary/aromatic N) is 1. The Labute approximate surface area is 136 Å². The number of nitrogens with one attached hydrogen (secondary N) is 1. The summed E-state index contributed by atoms with van der Waals surface area (Å²) in [5, 5.41) is 3.97. The van der Waals surface area contributed by atoms with Crippen molar-refractivity contribution < 1.29 is 4.79 Å². The summed E-state index contributed by atoms with van der Waals surface area (Å²) in [5.41, 5.74) is 3.46. The van der Waals surface area contributed by atoms with Crippen LogP contribution in [0.4, 0.5) is 5.69 Å². The first-order valence-electron chi connectivity index (χ1n) is 7.71. The largest absolute Gasteiger partial charge is 0.320 e. The molecule has 1 amide bonds. The Morgan fingerprint density at radius 3 is 2.35 bits per heavy atom. The second-order valence-corrected chi connectivity index (χ2v) is 6.66. The van der Waals surface area contributed by atoms with E-state index in [1.54, 1.807) is 6.20 Å². The maximum absolute atomic E-state index is 12.5. The lowest BCUT2D eigenvalue weighted by Gasteiger charge is -2.19. The van der Waals surface area contributed by atoms with Gasteiger partial charge in [0, 0.05) is 17.1 Å². The zero-order valence-electron chi connectivity index (χ0n) is 13.6. The predicted molar refractivity (Wildman–Crippen MR) is 94.8 cm³/mol. The van der Waals surface area contributed by atoms with Crippen LogP contribution in [0.5, 0.6) is 0 Å². The Kier molecular flexibility index (Phi) is 3.87. The van der Waals surface area contributed by atoms with E-state index in [2.05, 4.69) is 31.1 Å². The first-order chi connectivity index (χ1) is 10.9. The molecule has 116 valence electrons. The Bertz CT molecular complexity index is 840. The standard InChI is InChI=1S/C20H20N2O/c1-20(2,3)16-11-9-15(10-12-16)19(23)22-17-8-4-6-14-7-5-13-21-18(14)17/h4-13H,1-3H3,(H,22,23). The summed E-state index contributed by atoms with van der Waals surface area (Å²) in [6.07, 6.45) is 1.73. The van der Waals surface area contributed by atoms with Crippen LogP contribution in [0.1, 0.15) is 36.7 Å². The third-order valence-electron chi connectivity index (χ3n) is 3.89. The van der Waals surface area contributed by atoms with Crippen LogP contribution < -0.4 is 5.32 Å². The highest BCUT2D eigenvalue weighted by Gasteiger charge is 2.14. The van der Waals surface area contributed by atoms with Gasteiger partial charge in [0.25, 0.3) is 5.91 Å². The summed E-state index contributed by atoms with van der Waals surface area (Å²) in [6, 6.07) is 17.4. The molecule has 1 heterocycles. The maximum atomic E-state index is 12.5. The van der Waals surface area contributed by atoms with Crippen molar-refractivity contribution in [1.29, 1.82) is 0 Å². The van der Waals surface area contributed by atoms with Crippen LogP contribution >= 0.6 is 0 Å². The SMILES string of the molecule is CC(C)(C)c1ccc(C(=O)Nc2cccc3cccnc23)cc1. The zero-order chi connectivity index (χ0) is 16.4. The number of hydrogen-bond acceptors (Lipinski definition) is 2. The van der Waals surface area contributed by atoms with Crippen LogP contribution in [0.15, 0.2) is 60.8 Å². The van der Waals surface area contributed by atoms with Gasteiger partial charge in [0.05, 0.1) is 11.2 Å². The smallest absolute Gasteiger partial charge is 0.255 e. The van der Waals surface area contributed by atoms with E-state index in [0.29, 0.717) is 5.56 Å². The van der Waals surface area contributed by atoms with Gasteiger partial charge in [-0.25, -0.2) is 0 Å². The lowest BCUT2D eigenvalue weighted by atomic mass is 9.87. The van der Waals surface area contributed by atoms with Crippen molar-refractivity contribution in [2.75, 3.05) is 5.32 Å². The van der Waals surface area contributed by atoms with Gasteiger partial charge in [0.1, 0.15) is 0 Å². The number of anilines is 1. The number of carbonyl (C=O) groups is 1. The monoisotopic (exact) mass is 304 g/mol. The fourth-order valence-corrected chi connectivity index (χ4v) is 2.52. The first-order valence-corrected chi connectivity index (χ1v) is 7.71. The molecule has 0 saturated heterocycles. The number of para-hydroxylation sites is 1. The molecule has 0 radical (unpaired) electrons. The molecule has 0 aliphatic carbocycles. The zero-order valence-corrected chi connectivity index (χ0v) is 13.6. The number of carbonyl (C=O) groups excluding carboxylic acids is 1. The molecule has 3 heteroatoms. The van der Waals surface area contributed by atoms with E-state index >= 15 is 0 Å². The van der Waals surface area contributed by atoms with Crippen molar-refractivity contribution in [3.63, 3.8) is 0 Å². The van der Waals surface area contributed by atoms with Gasteiger partial charge in [-0.1, -0.05) is 51.1 Å². The molecule has 3 aromatic rings. The quantitative estimate of drug-likeness (QED) is 0.740. The minimum atomic E-state index is -0.122. The number of fused-ring (bicyclic) bond motifs is 1. The van der Waals surface area contributed by atoms with Crippen LogP contribution in [-0.4, -0.2) is 10.9 Å². The molecule has 0 spiro atoms. The fourth-order valence-electron chi connectivity index (χ4n) is 2.52. The Morgan fingerprint density at radius 2 is 1.65 bits per heavy atom. The van der Waals surface area contributed by atoms with E-state index < -0.39 is 0 Å². The van der Waals surface area contributed by atoms with E-state index in [1.807, 2.05) is 54.6 Å². The number of aromatic nitrogens is 1. The highest BCUT2D eigenvalue weighted by molar-refractivity contribution is 6.08. The van der Waals surface area contributed by atoms with Crippen molar-refractivity contribution in [3.8, 4) is 0 Å². The fraction of sp³-hybridized carbons (Fsp3) is 0.200. The number of amides is 1. The van der Waals surface area contributed by atoms with Gasteiger partial charge in [-0.3, -0.25) is 9.78 Å². The summed E-state index contributed by atoms with van der Waals surface area (Å²) in [4.78, 5) is 16.8. The molecule has 0 aliphatic rings. The molecule has 0 atom stereocenters. The van der Waals surface area contributed by atoms with Crippen LogP contribution in [-0.2, 0) is 5.41 Å². The molecule has 0 unspecified atom stereocenters. The molecule has 0 fully saturated rings. The summed E-state index contributed by atoms with van der Waals surface area (Å²) in [6.45, 7) is 6.47. The van der Waals surface area contributed by atoms with Crippen molar-refractivity contribution in [1.82, 2.24) is 4.98 Å². The molecule has 1 N–H and O–H groups in total. The first kappa shape index (κ1) is 15.2. The lowest BCUT2D eigenvalue weighted by molar-refractivity contribution is 0.102. The maximum Gasteiger partial charge on any atom is 0.255 e. The van der Waals surface area contributed by atoms with Gasteiger partial charge in [0.15, 0.2) is 0 Å². The molecule has 1 aromatic heterocycles. The van der Waals surface area contributed by atoms with Crippen LogP contribution in [0.2, 0.25) is 0 Å². The number of benzene rings is 2. The highest BCUT2D eigenvalue weighted by atomic mass is 16.1. The van der Waals surface area contributed by atoms with Crippen LogP contribution in [0.3, 0.4) is 0 Å². The van der Waals surface area contributed by atoms with E-state index in [9.17, 15) is 4.79 Å². The van der Waals surface area contributed by atoms with Gasteiger partial charge >= 0.3 is 0 Å². The van der Waals surface area contributed by atoms with Crippen molar-refractivity contribution in [2.45, 2.75) is 26.2 Å².